The molecule has 3 aliphatic rings. The Morgan fingerprint density at radius 2 is 1.96 bits per heavy atom. The van der Waals surface area contributed by atoms with Crippen LogP contribution in [0.4, 0.5) is 4.39 Å². The van der Waals surface area contributed by atoms with Gasteiger partial charge in [0, 0.05) is 24.0 Å². The topological polar surface area (TPSA) is 177 Å². The highest BCUT2D eigenvalue weighted by Crippen LogP contribution is 2.45. The second-order valence-corrected chi connectivity index (χ2v) is 12.6. The minimum atomic E-state index is -1.47. The molecule has 2 aliphatic heterocycles. The fourth-order valence-electron chi connectivity index (χ4n) is 6.37. The van der Waals surface area contributed by atoms with E-state index in [0.29, 0.717) is 35.4 Å². The number of aryl methyl sites for hydroxylation is 2. The number of aromatic nitrogens is 3. The third-order valence-corrected chi connectivity index (χ3v) is 9.33. The molecule has 1 saturated carbocycles. The van der Waals surface area contributed by atoms with Gasteiger partial charge in [0.1, 0.15) is 41.0 Å². The van der Waals surface area contributed by atoms with Gasteiger partial charge in [0.25, 0.3) is 5.91 Å². The van der Waals surface area contributed by atoms with Gasteiger partial charge in [-0.3, -0.25) is 14.4 Å². The normalized spacial score (nSPS) is 26.5. The lowest BCUT2D eigenvalue weighted by atomic mass is 10.0. The first-order valence-electron chi connectivity index (χ1n) is 15.8. The lowest BCUT2D eigenvalue weighted by molar-refractivity contribution is -0.145. The second-order valence-electron chi connectivity index (χ2n) is 12.6. The van der Waals surface area contributed by atoms with Crippen LogP contribution in [0.25, 0.3) is 11.0 Å². The number of hydrogen-bond donors (Lipinski definition) is 3. The first-order chi connectivity index (χ1) is 22.5. The molecule has 1 aromatic carbocycles. The molecule has 0 radical (unpaired) electrons. The van der Waals surface area contributed by atoms with E-state index in [-0.39, 0.29) is 42.4 Å². The largest absolute Gasteiger partial charge is 0.479 e. The highest BCUT2D eigenvalue weighted by atomic mass is 19.1. The van der Waals surface area contributed by atoms with Crippen molar-refractivity contribution in [1.82, 2.24) is 30.7 Å². The maximum Gasteiger partial charge on any atom is 0.330 e. The van der Waals surface area contributed by atoms with E-state index in [1.807, 2.05) is 12.2 Å². The molecule has 3 aromatic rings. The van der Waals surface area contributed by atoms with Crippen molar-refractivity contribution in [2.75, 3.05) is 6.54 Å². The smallest absolute Gasteiger partial charge is 0.330 e. The van der Waals surface area contributed by atoms with Crippen LogP contribution in [-0.4, -0.2) is 79.1 Å². The third kappa shape index (κ3) is 6.41. The van der Waals surface area contributed by atoms with Crippen molar-refractivity contribution < 1.29 is 37.9 Å². The number of fused-ring (bicyclic) bond motifs is 3. The quantitative estimate of drug-likeness (QED) is 0.348. The van der Waals surface area contributed by atoms with Crippen LogP contribution in [0.15, 0.2) is 34.9 Å². The van der Waals surface area contributed by atoms with Crippen molar-refractivity contribution in [3.05, 3.63) is 58.9 Å². The zero-order valence-corrected chi connectivity index (χ0v) is 26.4. The van der Waals surface area contributed by atoms with Gasteiger partial charge in [-0.1, -0.05) is 30.2 Å². The van der Waals surface area contributed by atoms with Gasteiger partial charge in [-0.2, -0.15) is 0 Å². The lowest BCUT2D eigenvalue weighted by Gasteiger charge is -2.29. The van der Waals surface area contributed by atoms with Gasteiger partial charge in [0.05, 0.1) is 17.6 Å². The summed E-state index contributed by atoms with van der Waals surface area (Å²) in [5, 5.41) is 19.5. The van der Waals surface area contributed by atoms with Crippen molar-refractivity contribution in [2.24, 2.45) is 5.92 Å². The van der Waals surface area contributed by atoms with Crippen molar-refractivity contribution in [3.63, 3.8) is 0 Å². The van der Waals surface area contributed by atoms with Crippen LogP contribution in [0.2, 0.25) is 0 Å². The molecule has 14 heteroatoms. The Bertz CT molecular complexity index is 1780. The number of carboxylic acid groups (broad SMARTS) is 1. The molecule has 4 heterocycles. The first kappa shape index (κ1) is 32.1. The van der Waals surface area contributed by atoms with Gasteiger partial charge in [0.2, 0.25) is 17.7 Å². The number of amides is 3. The van der Waals surface area contributed by atoms with Crippen LogP contribution >= 0.6 is 0 Å². The van der Waals surface area contributed by atoms with Gasteiger partial charge in [-0.25, -0.2) is 19.2 Å². The maximum absolute atomic E-state index is 14.3. The Balaban J connectivity index is 1.31. The van der Waals surface area contributed by atoms with E-state index in [4.69, 9.17) is 9.26 Å². The number of nitrogens with one attached hydrogen (secondary N) is 2. The Morgan fingerprint density at radius 3 is 2.70 bits per heavy atom. The van der Waals surface area contributed by atoms with Gasteiger partial charge < -0.3 is 29.9 Å². The first-order valence-corrected chi connectivity index (χ1v) is 15.8. The molecule has 47 heavy (non-hydrogen) atoms. The van der Waals surface area contributed by atoms with Crippen molar-refractivity contribution in [3.8, 4) is 5.88 Å². The van der Waals surface area contributed by atoms with Crippen LogP contribution in [0.3, 0.4) is 0 Å². The lowest BCUT2D eigenvalue weighted by Crippen LogP contribution is -2.56. The second kappa shape index (κ2) is 12.7. The average molecular weight is 649 g/mol. The predicted octanol–water partition coefficient (Wildman–Crippen LogP) is 3.31. The monoisotopic (exact) mass is 648 g/mol. The molecule has 3 amide bonds. The van der Waals surface area contributed by atoms with Crippen LogP contribution in [0, 0.1) is 32.5 Å². The number of carbonyl (C=O) groups excluding carboxylic acids is 3. The molecule has 248 valence electrons. The number of ether oxygens (including phenoxy) is 1. The van der Waals surface area contributed by atoms with Gasteiger partial charge in [-0.05, 0) is 58.6 Å². The summed E-state index contributed by atoms with van der Waals surface area (Å²) in [5.41, 5.74) is 0.346. The zero-order valence-electron chi connectivity index (χ0n) is 26.4. The van der Waals surface area contributed by atoms with Crippen molar-refractivity contribution in [2.45, 2.75) is 89.4 Å². The van der Waals surface area contributed by atoms with E-state index in [9.17, 15) is 28.7 Å². The summed E-state index contributed by atoms with van der Waals surface area (Å²) in [6, 6.07) is 1.94. The van der Waals surface area contributed by atoms with Gasteiger partial charge >= 0.3 is 5.97 Å². The summed E-state index contributed by atoms with van der Waals surface area (Å²) >= 11 is 0. The number of benzene rings is 1. The SMILES string of the molecule is Cc1nc2ccc(F)cc2nc1O[C@@H]1C[C@H]2C(=O)N[C@]3(C(=O)O)C[C@H]3C=CCCCCC[C@H](NC(=O)c3noc(C)c3C)C(=O)N2C1. The number of nitrogens with zero attached hydrogens (tertiary/aromatic N) is 4. The molecule has 0 bridgehead atoms. The molecular formula is C33H37FN6O7. The summed E-state index contributed by atoms with van der Waals surface area (Å²) < 4.78 is 25.3. The van der Waals surface area contributed by atoms with E-state index in [0.717, 1.165) is 19.3 Å². The molecule has 2 aromatic heterocycles. The summed E-state index contributed by atoms with van der Waals surface area (Å²) in [7, 11) is 0. The number of aliphatic carboxylic acids is 1. The molecule has 1 aliphatic carbocycles. The summed E-state index contributed by atoms with van der Waals surface area (Å²) in [6.45, 7) is 5.03. The van der Waals surface area contributed by atoms with Crippen LogP contribution < -0.4 is 15.4 Å². The average Bonchev–Trinajstić information content (AvgIpc) is 3.38. The fraction of sp³-hybridized carbons (Fsp3) is 0.485. The number of halogens is 1. The number of hydrogen-bond acceptors (Lipinski definition) is 9. The molecule has 6 rings (SSSR count). The van der Waals surface area contributed by atoms with E-state index in [2.05, 4.69) is 25.8 Å². The van der Waals surface area contributed by atoms with Crippen molar-refractivity contribution in [1.29, 1.82) is 0 Å². The van der Waals surface area contributed by atoms with Crippen LogP contribution in [-0.2, 0) is 14.4 Å². The summed E-state index contributed by atoms with van der Waals surface area (Å²) in [6.07, 6.45) is 6.54. The minimum absolute atomic E-state index is 0.0261. The number of allylic oxidation sites excluding steroid dienone is 1. The van der Waals surface area contributed by atoms with Gasteiger partial charge in [0.15, 0.2) is 5.69 Å². The third-order valence-electron chi connectivity index (χ3n) is 9.33. The Kier molecular flexibility index (Phi) is 8.68. The number of rotatable bonds is 5. The molecule has 1 saturated heterocycles. The van der Waals surface area contributed by atoms with Crippen LogP contribution in [0.1, 0.15) is 72.5 Å². The molecule has 2 fully saturated rings. The standard InChI is InChI=1S/C33H37FN6O7/c1-17-19(3)47-39-27(17)29(42)36-24-10-8-6-4-5-7-9-20-15-33(20,32(44)45)38-28(41)26-14-22(16-40(26)31(24)43)46-30-18(2)35-23-12-11-21(34)13-25(23)37-30/h7,9,11-13,20,22,24,26H,4-6,8,10,14-16H2,1-3H3,(H,36,42)(H,38,41)(H,44,45)/t20-,22-,24+,26+,33-/m1/s1. The Labute approximate surface area is 269 Å². The summed E-state index contributed by atoms with van der Waals surface area (Å²) in [5.74, 6) is -3.11. The van der Waals surface area contributed by atoms with Gasteiger partial charge in [-0.15, -0.1) is 0 Å². The van der Waals surface area contributed by atoms with E-state index in [1.54, 1.807) is 20.8 Å². The Hall–Kier alpha value is -4.88. The minimum Gasteiger partial charge on any atom is -0.479 e. The predicted molar refractivity (Wildman–Crippen MR) is 165 cm³/mol. The number of carbonyl (C=O) groups is 4. The maximum atomic E-state index is 14.3. The molecule has 13 nitrogen and oxygen atoms in total. The molecular weight excluding hydrogens is 611 g/mol. The Morgan fingerprint density at radius 1 is 1.15 bits per heavy atom. The molecule has 5 atom stereocenters. The van der Waals surface area contributed by atoms with E-state index in [1.165, 1.54) is 23.1 Å². The fourth-order valence-corrected chi connectivity index (χ4v) is 6.37. The van der Waals surface area contributed by atoms with E-state index >= 15 is 0 Å². The molecule has 3 N–H and O–H groups in total. The zero-order chi connectivity index (χ0) is 33.5. The molecule has 0 spiro atoms. The highest BCUT2D eigenvalue weighted by Gasteiger charge is 2.61. The van der Waals surface area contributed by atoms with E-state index < -0.39 is 53.2 Å². The molecule has 0 unspecified atom stereocenters. The van der Waals surface area contributed by atoms with Crippen molar-refractivity contribution >= 4 is 34.7 Å². The number of carboxylic acids is 1. The summed E-state index contributed by atoms with van der Waals surface area (Å²) in [4.78, 5) is 64.1. The van der Waals surface area contributed by atoms with Crippen LogP contribution in [0.5, 0.6) is 5.88 Å². The highest BCUT2D eigenvalue weighted by molar-refractivity contribution is 5.99.